The van der Waals surface area contributed by atoms with Gasteiger partial charge in [-0.15, -0.1) is 0 Å². The van der Waals surface area contributed by atoms with Crippen molar-refractivity contribution in [3.63, 3.8) is 0 Å². The van der Waals surface area contributed by atoms with Gasteiger partial charge in [0.15, 0.2) is 0 Å². The summed E-state index contributed by atoms with van der Waals surface area (Å²) < 4.78 is 0. The van der Waals surface area contributed by atoms with Crippen LogP contribution in [0, 0.1) is 0 Å². The summed E-state index contributed by atoms with van der Waals surface area (Å²) >= 11 is 0. The van der Waals surface area contributed by atoms with Crippen LogP contribution in [0.3, 0.4) is 0 Å². The molecular weight excluding hydrogens is 254 g/mol. The van der Waals surface area contributed by atoms with Gasteiger partial charge in [0.25, 0.3) is 11.5 Å². The number of H-pyrrole nitrogens is 1. The molecule has 0 fully saturated rings. The number of aromatic amines is 1. The number of nitrogens with zero attached hydrogens (tertiary/aromatic N) is 1. The lowest BCUT2D eigenvalue weighted by Gasteiger charge is -2.26. The number of nitrogens with one attached hydrogen (secondary N) is 2. The number of rotatable bonds is 2. The summed E-state index contributed by atoms with van der Waals surface area (Å²) in [5.41, 5.74) is 2.38. The van der Waals surface area contributed by atoms with Crippen LogP contribution in [0.5, 0.6) is 0 Å². The predicted octanol–water partition coefficient (Wildman–Crippen LogP) is 1.58. The Balaban J connectivity index is 1.80. The molecule has 0 unspecified atom stereocenters. The van der Waals surface area contributed by atoms with Crippen molar-refractivity contribution in [3.8, 4) is 0 Å². The van der Waals surface area contributed by atoms with E-state index in [1.165, 1.54) is 23.3 Å². The van der Waals surface area contributed by atoms with Crippen molar-refractivity contribution in [2.45, 2.75) is 25.3 Å². The van der Waals surface area contributed by atoms with Crippen LogP contribution in [0.25, 0.3) is 0 Å². The van der Waals surface area contributed by atoms with Gasteiger partial charge >= 0.3 is 0 Å². The van der Waals surface area contributed by atoms with Gasteiger partial charge in [0.05, 0.1) is 6.04 Å². The van der Waals surface area contributed by atoms with Crippen molar-refractivity contribution in [2.24, 2.45) is 0 Å². The summed E-state index contributed by atoms with van der Waals surface area (Å²) in [4.78, 5) is 23.1. The fraction of sp³-hybridized carbons (Fsp3) is 0.267. The number of amides is 1. The van der Waals surface area contributed by atoms with Crippen LogP contribution in [-0.2, 0) is 6.42 Å². The number of carbonyl (C=O) groups excluding carboxylic acids is 1. The van der Waals surface area contributed by atoms with Crippen LogP contribution in [0.1, 0.15) is 40.5 Å². The Morgan fingerprint density at radius 1 is 1.25 bits per heavy atom. The van der Waals surface area contributed by atoms with E-state index in [0.717, 1.165) is 19.3 Å². The highest BCUT2D eigenvalue weighted by Gasteiger charge is 2.22. The summed E-state index contributed by atoms with van der Waals surface area (Å²) in [7, 11) is 0. The van der Waals surface area contributed by atoms with E-state index in [1.807, 2.05) is 12.1 Å². The number of fused-ring (bicyclic) bond motifs is 1. The van der Waals surface area contributed by atoms with Gasteiger partial charge in [-0.2, -0.15) is 5.10 Å². The SMILES string of the molecule is O=C(N[C@@H]1CCCc2ccccc21)c1ccc(=O)[nH]n1. The van der Waals surface area contributed by atoms with Crippen LogP contribution in [-0.4, -0.2) is 16.1 Å². The molecule has 1 heterocycles. The Bertz CT molecular complexity index is 673. The van der Waals surface area contributed by atoms with Gasteiger partial charge < -0.3 is 5.32 Å². The maximum atomic E-state index is 12.1. The Morgan fingerprint density at radius 2 is 2.10 bits per heavy atom. The first-order valence-electron chi connectivity index (χ1n) is 6.68. The molecule has 1 amide bonds. The van der Waals surface area contributed by atoms with Crippen LogP contribution in [0.15, 0.2) is 41.2 Å². The van der Waals surface area contributed by atoms with Gasteiger partial charge in [0.1, 0.15) is 5.69 Å². The van der Waals surface area contributed by atoms with Gasteiger partial charge in [-0.3, -0.25) is 9.59 Å². The molecule has 5 nitrogen and oxygen atoms in total. The second-order valence-corrected chi connectivity index (χ2v) is 4.92. The second kappa shape index (κ2) is 5.28. The molecule has 0 saturated heterocycles. The molecule has 5 heteroatoms. The number of aromatic nitrogens is 2. The Labute approximate surface area is 116 Å². The lowest BCUT2D eigenvalue weighted by atomic mass is 9.87. The molecule has 1 aromatic heterocycles. The maximum absolute atomic E-state index is 12.1. The van der Waals surface area contributed by atoms with Gasteiger partial charge in [-0.1, -0.05) is 24.3 Å². The zero-order valence-corrected chi connectivity index (χ0v) is 10.9. The van der Waals surface area contributed by atoms with Crippen molar-refractivity contribution in [3.05, 3.63) is 63.6 Å². The molecule has 2 N–H and O–H groups in total. The van der Waals surface area contributed by atoms with E-state index in [9.17, 15) is 9.59 Å². The third-order valence-electron chi connectivity index (χ3n) is 3.59. The van der Waals surface area contributed by atoms with E-state index in [4.69, 9.17) is 0 Å². The Morgan fingerprint density at radius 3 is 2.90 bits per heavy atom. The fourth-order valence-electron chi connectivity index (χ4n) is 2.61. The molecule has 0 saturated carbocycles. The minimum Gasteiger partial charge on any atom is -0.344 e. The molecule has 20 heavy (non-hydrogen) atoms. The molecule has 0 radical (unpaired) electrons. The fourth-order valence-corrected chi connectivity index (χ4v) is 2.61. The normalized spacial score (nSPS) is 17.3. The molecular formula is C15H15N3O2. The predicted molar refractivity (Wildman–Crippen MR) is 74.4 cm³/mol. The Hall–Kier alpha value is -2.43. The van der Waals surface area contributed by atoms with Crippen LogP contribution in [0.4, 0.5) is 0 Å². The van der Waals surface area contributed by atoms with Gasteiger partial charge in [-0.25, -0.2) is 5.10 Å². The van der Waals surface area contributed by atoms with Gasteiger partial charge in [-0.05, 0) is 36.5 Å². The smallest absolute Gasteiger partial charge is 0.272 e. The van der Waals surface area contributed by atoms with Crippen LogP contribution < -0.4 is 10.9 Å². The highest BCUT2D eigenvalue weighted by atomic mass is 16.2. The number of benzene rings is 1. The number of hydrogen-bond acceptors (Lipinski definition) is 3. The second-order valence-electron chi connectivity index (χ2n) is 4.92. The first-order valence-corrected chi connectivity index (χ1v) is 6.68. The minimum absolute atomic E-state index is 0.0150. The molecule has 2 aromatic rings. The topological polar surface area (TPSA) is 74.8 Å². The first-order chi connectivity index (χ1) is 9.74. The van der Waals surface area contributed by atoms with E-state index in [2.05, 4.69) is 27.6 Å². The maximum Gasteiger partial charge on any atom is 0.272 e. The molecule has 1 aliphatic carbocycles. The molecule has 1 aliphatic rings. The molecule has 1 atom stereocenters. The highest BCUT2D eigenvalue weighted by Crippen LogP contribution is 2.29. The van der Waals surface area contributed by atoms with E-state index in [1.54, 1.807) is 0 Å². The van der Waals surface area contributed by atoms with Crippen molar-refractivity contribution in [1.29, 1.82) is 0 Å². The summed E-state index contributed by atoms with van der Waals surface area (Å²) in [5, 5.41) is 9.01. The third kappa shape index (κ3) is 2.47. The average molecular weight is 269 g/mol. The summed E-state index contributed by atoms with van der Waals surface area (Å²) in [5.74, 6) is -0.261. The minimum atomic E-state index is -0.315. The van der Waals surface area contributed by atoms with E-state index < -0.39 is 0 Å². The van der Waals surface area contributed by atoms with Gasteiger partial charge in [0.2, 0.25) is 0 Å². The molecule has 102 valence electrons. The highest BCUT2D eigenvalue weighted by molar-refractivity contribution is 5.92. The number of aryl methyl sites for hydroxylation is 1. The van der Waals surface area contributed by atoms with E-state index in [-0.39, 0.29) is 23.2 Å². The number of hydrogen-bond donors (Lipinski definition) is 2. The first kappa shape index (κ1) is 12.6. The molecule has 1 aromatic carbocycles. The summed E-state index contributed by atoms with van der Waals surface area (Å²) in [6.45, 7) is 0. The standard InChI is InChI=1S/C15H15N3O2/c19-14-9-8-13(17-18-14)15(20)16-12-7-3-5-10-4-1-2-6-11(10)12/h1-2,4,6,8-9,12H,3,5,7H2,(H,16,20)(H,18,19)/t12-/m1/s1. The van der Waals surface area contributed by atoms with Crippen molar-refractivity contribution >= 4 is 5.91 Å². The van der Waals surface area contributed by atoms with Gasteiger partial charge in [0, 0.05) is 6.07 Å². The molecule has 0 spiro atoms. The monoisotopic (exact) mass is 269 g/mol. The summed E-state index contributed by atoms with van der Waals surface area (Å²) in [6.07, 6.45) is 3.03. The molecule has 3 rings (SSSR count). The van der Waals surface area contributed by atoms with Crippen LogP contribution >= 0.6 is 0 Å². The average Bonchev–Trinajstić information content (AvgIpc) is 2.48. The van der Waals surface area contributed by atoms with Crippen molar-refractivity contribution in [2.75, 3.05) is 0 Å². The number of carbonyl (C=O) groups is 1. The quantitative estimate of drug-likeness (QED) is 0.869. The van der Waals surface area contributed by atoms with Crippen molar-refractivity contribution < 1.29 is 4.79 Å². The Kier molecular flexibility index (Phi) is 3.33. The summed E-state index contributed by atoms with van der Waals surface area (Å²) in [6, 6.07) is 10.9. The van der Waals surface area contributed by atoms with E-state index in [0.29, 0.717) is 0 Å². The largest absolute Gasteiger partial charge is 0.344 e. The lowest BCUT2D eigenvalue weighted by Crippen LogP contribution is -2.32. The van der Waals surface area contributed by atoms with E-state index >= 15 is 0 Å². The third-order valence-corrected chi connectivity index (χ3v) is 3.59. The van der Waals surface area contributed by atoms with Crippen LogP contribution in [0.2, 0.25) is 0 Å². The van der Waals surface area contributed by atoms with Crippen molar-refractivity contribution in [1.82, 2.24) is 15.5 Å². The lowest BCUT2D eigenvalue weighted by molar-refractivity contribution is 0.0926. The zero-order valence-electron chi connectivity index (χ0n) is 10.9. The zero-order chi connectivity index (χ0) is 13.9. The molecule has 0 aliphatic heterocycles. The molecule has 0 bridgehead atoms.